The molecule has 7 nitrogen and oxygen atoms in total. The minimum atomic E-state index is -0.520. The van der Waals surface area contributed by atoms with Crippen LogP contribution in [0.1, 0.15) is 27.4 Å². The van der Waals surface area contributed by atoms with E-state index >= 15 is 0 Å². The number of carbonyl (C=O) groups is 1. The van der Waals surface area contributed by atoms with Crippen LogP contribution < -0.4 is 10.1 Å². The molecule has 0 fully saturated rings. The van der Waals surface area contributed by atoms with Crippen LogP contribution >= 0.6 is 58.0 Å². The molecule has 0 aliphatic rings. The number of benzene rings is 2. The van der Waals surface area contributed by atoms with Crippen molar-refractivity contribution in [2.75, 3.05) is 5.32 Å². The van der Waals surface area contributed by atoms with E-state index in [1.807, 2.05) is 31.2 Å². The molecule has 4 rings (SSSR count). The van der Waals surface area contributed by atoms with E-state index in [-0.39, 0.29) is 49.2 Å². The summed E-state index contributed by atoms with van der Waals surface area (Å²) in [6, 6.07) is 11.1. The normalized spacial score (nSPS) is 11.0. The van der Waals surface area contributed by atoms with Crippen molar-refractivity contribution < 1.29 is 13.9 Å². The molecule has 12 heteroatoms. The highest BCUT2D eigenvalue weighted by Crippen LogP contribution is 2.48. The molecule has 1 N–H and O–H groups in total. The number of ether oxygens (including phenoxy) is 1. The van der Waals surface area contributed by atoms with Gasteiger partial charge in [0.15, 0.2) is 11.5 Å². The molecule has 2 aromatic heterocycles. The topological polar surface area (TPSA) is 82.2 Å². The Morgan fingerprint density at radius 2 is 1.62 bits per heavy atom. The third kappa shape index (κ3) is 5.45. The van der Waals surface area contributed by atoms with Gasteiger partial charge in [-0.2, -0.15) is 0 Å². The number of amides is 1. The maximum absolute atomic E-state index is 12.5. The average molecular weight is 561 g/mol. The molecule has 34 heavy (non-hydrogen) atoms. The van der Waals surface area contributed by atoms with Gasteiger partial charge in [-0.1, -0.05) is 87.8 Å². The SMILES string of the molecule is Cc1ccc(Cn2cnc(NC(=O)c3ccc(COc4c(Cl)c(Cl)c(Cl)c(Cl)c4Cl)o3)n2)cc1. The van der Waals surface area contributed by atoms with Gasteiger partial charge in [0.2, 0.25) is 5.95 Å². The summed E-state index contributed by atoms with van der Waals surface area (Å²) in [6.07, 6.45) is 1.53. The molecule has 0 aliphatic heterocycles. The summed E-state index contributed by atoms with van der Waals surface area (Å²) in [6.45, 7) is 2.45. The lowest BCUT2D eigenvalue weighted by molar-refractivity contribution is 0.0991. The second kappa shape index (κ2) is 10.5. The van der Waals surface area contributed by atoms with Crippen LogP contribution in [0.4, 0.5) is 5.95 Å². The van der Waals surface area contributed by atoms with E-state index in [1.54, 1.807) is 10.7 Å². The van der Waals surface area contributed by atoms with Gasteiger partial charge < -0.3 is 9.15 Å². The molecule has 1 amide bonds. The van der Waals surface area contributed by atoms with Crippen molar-refractivity contribution in [1.82, 2.24) is 14.8 Å². The first-order valence-corrected chi connectivity index (χ1v) is 11.6. The number of anilines is 1. The highest BCUT2D eigenvalue weighted by atomic mass is 35.5. The fourth-order valence-corrected chi connectivity index (χ4v) is 4.13. The van der Waals surface area contributed by atoms with Crippen LogP contribution in [-0.4, -0.2) is 20.7 Å². The molecule has 4 aromatic rings. The van der Waals surface area contributed by atoms with Crippen LogP contribution in [0.15, 0.2) is 47.1 Å². The van der Waals surface area contributed by atoms with Gasteiger partial charge in [-0.25, -0.2) is 9.67 Å². The van der Waals surface area contributed by atoms with E-state index in [0.717, 1.165) is 5.56 Å². The van der Waals surface area contributed by atoms with Crippen LogP contribution in [0.5, 0.6) is 5.75 Å². The maximum Gasteiger partial charge on any atom is 0.293 e. The molecule has 0 aliphatic carbocycles. The molecule has 0 saturated carbocycles. The van der Waals surface area contributed by atoms with Gasteiger partial charge in [0.1, 0.15) is 28.7 Å². The minimum absolute atomic E-state index is 0.0119. The van der Waals surface area contributed by atoms with Gasteiger partial charge in [0.25, 0.3) is 5.91 Å². The highest BCUT2D eigenvalue weighted by Gasteiger charge is 2.21. The van der Waals surface area contributed by atoms with Crippen LogP contribution in [0.3, 0.4) is 0 Å². The second-order valence-electron chi connectivity index (χ2n) is 7.16. The zero-order valence-corrected chi connectivity index (χ0v) is 21.2. The van der Waals surface area contributed by atoms with E-state index in [0.29, 0.717) is 12.3 Å². The van der Waals surface area contributed by atoms with E-state index in [9.17, 15) is 4.79 Å². The van der Waals surface area contributed by atoms with Crippen LogP contribution in [0, 0.1) is 6.92 Å². The first-order chi connectivity index (χ1) is 16.2. The third-order valence-corrected chi connectivity index (χ3v) is 6.88. The van der Waals surface area contributed by atoms with Crippen molar-refractivity contribution >= 4 is 69.9 Å². The fourth-order valence-electron chi connectivity index (χ4n) is 2.90. The summed E-state index contributed by atoms with van der Waals surface area (Å²) >= 11 is 30.4. The van der Waals surface area contributed by atoms with E-state index in [4.69, 9.17) is 67.2 Å². The summed E-state index contributed by atoms with van der Waals surface area (Å²) in [5.74, 6) is 0.0481. The van der Waals surface area contributed by atoms with Crippen LogP contribution in [-0.2, 0) is 13.2 Å². The average Bonchev–Trinajstić information content (AvgIpc) is 3.47. The van der Waals surface area contributed by atoms with Crippen molar-refractivity contribution in [3.8, 4) is 5.75 Å². The zero-order valence-electron chi connectivity index (χ0n) is 17.4. The summed E-state index contributed by atoms with van der Waals surface area (Å²) in [5.41, 5.74) is 2.23. The Kier molecular flexibility index (Phi) is 7.60. The standard InChI is InChI=1S/C22H15Cl5N4O3/c1-11-2-4-12(5-3-11)8-31-10-28-22(30-31)29-21(32)14-7-6-13(34-14)9-33-20-18(26)16(24)15(23)17(25)19(20)27/h2-7,10H,8-9H2,1H3,(H,29,30,32). The first-order valence-electron chi connectivity index (χ1n) is 9.72. The summed E-state index contributed by atoms with van der Waals surface area (Å²) in [4.78, 5) is 16.6. The maximum atomic E-state index is 12.5. The number of carbonyl (C=O) groups excluding carboxylic acids is 1. The van der Waals surface area contributed by atoms with E-state index < -0.39 is 5.91 Å². The van der Waals surface area contributed by atoms with Crippen LogP contribution in [0.25, 0.3) is 0 Å². The van der Waals surface area contributed by atoms with Gasteiger partial charge in [-0.3, -0.25) is 10.1 Å². The number of hydrogen-bond donors (Lipinski definition) is 1. The number of aromatic nitrogens is 3. The lowest BCUT2D eigenvalue weighted by Gasteiger charge is -2.12. The number of halogens is 5. The van der Waals surface area contributed by atoms with Gasteiger partial charge in [0.05, 0.1) is 21.6 Å². The highest BCUT2D eigenvalue weighted by molar-refractivity contribution is 6.55. The Bertz CT molecular complexity index is 1320. The molecule has 0 bridgehead atoms. The van der Waals surface area contributed by atoms with Crippen LogP contribution in [0.2, 0.25) is 25.1 Å². The number of hydrogen-bond acceptors (Lipinski definition) is 5. The van der Waals surface area contributed by atoms with Gasteiger partial charge in [0, 0.05) is 0 Å². The molecular weight excluding hydrogens is 546 g/mol. The van der Waals surface area contributed by atoms with Gasteiger partial charge in [-0.15, -0.1) is 5.10 Å². The summed E-state index contributed by atoms with van der Waals surface area (Å²) in [7, 11) is 0. The largest absolute Gasteiger partial charge is 0.482 e. The summed E-state index contributed by atoms with van der Waals surface area (Å²) < 4.78 is 12.8. The Morgan fingerprint density at radius 3 is 2.29 bits per heavy atom. The number of nitrogens with zero attached hydrogens (tertiary/aromatic N) is 3. The smallest absolute Gasteiger partial charge is 0.293 e. The van der Waals surface area contributed by atoms with Gasteiger partial charge >= 0.3 is 0 Å². The lowest BCUT2D eigenvalue weighted by Crippen LogP contribution is -2.12. The fraction of sp³-hybridized carbons (Fsp3) is 0.136. The number of nitrogens with one attached hydrogen (secondary N) is 1. The molecule has 0 radical (unpaired) electrons. The Morgan fingerprint density at radius 1 is 0.971 bits per heavy atom. The predicted molar refractivity (Wildman–Crippen MR) is 133 cm³/mol. The summed E-state index contributed by atoms with van der Waals surface area (Å²) in [5, 5.41) is 6.93. The van der Waals surface area contributed by atoms with Crippen molar-refractivity contribution in [2.24, 2.45) is 0 Å². The monoisotopic (exact) mass is 558 g/mol. The van der Waals surface area contributed by atoms with Gasteiger partial charge in [-0.05, 0) is 24.6 Å². The van der Waals surface area contributed by atoms with E-state index in [1.165, 1.54) is 18.0 Å². The van der Waals surface area contributed by atoms with E-state index in [2.05, 4.69) is 15.4 Å². The molecule has 0 spiro atoms. The number of aryl methyl sites for hydroxylation is 1. The van der Waals surface area contributed by atoms with Crippen molar-refractivity contribution in [2.45, 2.75) is 20.1 Å². The second-order valence-corrected chi connectivity index (χ2v) is 9.05. The molecular formula is C22H15Cl5N4O3. The molecule has 176 valence electrons. The Labute approximate surface area is 219 Å². The molecule has 0 atom stereocenters. The number of rotatable bonds is 7. The molecule has 0 saturated heterocycles. The van der Waals surface area contributed by atoms with Crippen molar-refractivity contribution in [3.63, 3.8) is 0 Å². The number of furan rings is 1. The Balaban J connectivity index is 1.38. The Hall–Kier alpha value is -2.42. The molecule has 0 unspecified atom stereocenters. The first kappa shape index (κ1) is 24.7. The lowest BCUT2D eigenvalue weighted by atomic mass is 10.1. The van der Waals surface area contributed by atoms with Crippen molar-refractivity contribution in [1.29, 1.82) is 0 Å². The quantitative estimate of drug-likeness (QED) is 0.189. The van der Waals surface area contributed by atoms with Crippen molar-refractivity contribution in [3.05, 3.63) is 90.5 Å². The zero-order chi connectivity index (χ0) is 24.4. The predicted octanol–water partition coefficient (Wildman–Crippen LogP) is 7.33. The minimum Gasteiger partial charge on any atom is -0.482 e. The third-order valence-electron chi connectivity index (χ3n) is 4.64. The molecule has 2 aromatic carbocycles. The molecule has 2 heterocycles.